The van der Waals surface area contributed by atoms with Gasteiger partial charge in [-0.2, -0.15) is 0 Å². The Morgan fingerprint density at radius 3 is 2.67 bits per heavy atom. The average Bonchev–Trinajstić information content (AvgIpc) is 1.80. The molecule has 0 spiro atoms. The van der Waals surface area contributed by atoms with Gasteiger partial charge in [-0.05, 0) is 12.0 Å². The molecule has 56 valence electrons. The molecule has 0 saturated heterocycles. The van der Waals surface area contributed by atoms with Crippen LogP contribution in [0.3, 0.4) is 0 Å². The highest BCUT2D eigenvalue weighted by molar-refractivity contribution is 6.41. The van der Waals surface area contributed by atoms with Crippen molar-refractivity contribution in [3.63, 3.8) is 0 Å². The fourth-order valence-corrected chi connectivity index (χ4v) is 4.24. The molecule has 0 aromatic heterocycles. The van der Waals surface area contributed by atoms with Crippen molar-refractivity contribution in [3.05, 3.63) is 0 Å². The molecule has 0 aromatic rings. The summed E-state index contributed by atoms with van der Waals surface area (Å²) in [6.45, 7) is 4.47. The lowest BCUT2D eigenvalue weighted by Crippen LogP contribution is -2.08. The van der Waals surface area contributed by atoms with Crippen LogP contribution in [0.1, 0.15) is 13.8 Å². The fraction of sp³-hybridized carbons (Fsp3) is 1.00. The second-order valence-electron chi connectivity index (χ2n) is 2.50. The zero-order chi connectivity index (χ0) is 7.11. The molecule has 0 aliphatic heterocycles. The predicted molar refractivity (Wildman–Crippen MR) is 48.8 cm³/mol. The molecule has 9 heavy (non-hydrogen) atoms. The van der Waals surface area contributed by atoms with Crippen molar-refractivity contribution in [1.82, 2.24) is 0 Å². The summed E-state index contributed by atoms with van der Waals surface area (Å²) in [6.07, 6.45) is 0. The summed E-state index contributed by atoms with van der Waals surface area (Å²) in [4.78, 5) is 0. The molecular weight excluding hydrogens is 164 g/mol. The van der Waals surface area contributed by atoms with Crippen molar-refractivity contribution in [2.45, 2.75) is 19.9 Å². The summed E-state index contributed by atoms with van der Waals surface area (Å²) in [7, 11) is 0.175. The van der Waals surface area contributed by atoms with Gasteiger partial charge in [-0.15, -0.1) is 0 Å². The lowest BCUT2D eigenvalue weighted by molar-refractivity contribution is 0.496. The van der Waals surface area contributed by atoms with E-state index in [0.29, 0.717) is 0 Å². The smallest absolute Gasteiger partial charge is 0.282 e. The van der Waals surface area contributed by atoms with Crippen LogP contribution < -0.4 is 0 Å². The molecule has 0 radical (unpaired) electrons. The third-order valence-corrected chi connectivity index (χ3v) is 5.20. The van der Waals surface area contributed by atoms with E-state index in [9.17, 15) is 0 Å². The van der Waals surface area contributed by atoms with Gasteiger partial charge in [0.25, 0.3) is 10.0 Å². The van der Waals surface area contributed by atoms with E-state index in [1.165, 1.54) is 6.04 Å². The minimum absolute atomic E-state index is 0.188. The third kappa shape index (κ3) is 8.57. The molecule has 0 aliphatic carbocycles. The first-order valence-corrected chi connectivity index (χ1v) is 6.89. The SMILES string of the molecule is CC(C)C[SiH2]O[SiH2]O[SiH3]. The summed E-state index contributed by atoms with van der Waals surface area (Å²) in [6, 6.07) is 1.30. The lowest BCUT2D eigenvalue weighted by atomic mass is 10.3. The molecule has 0 unspecified atom stereocenters. The Bertz CT molecular complexity index is 59.8. The fourth-order valence-electron chi connectivity index (χ4n) is 0.461. The highest BCUT2D eigenvalue weighted by Crippen LogP contribution is 1.97. The Kier molecular flexibility index (Phi) is 7.11. The van der Waals surface area contributed by atoms with Crippen LogP contribution in [0.15, 0.2) is 0 Å². The van der Waals surface area contributed by atoms with Crippen molar-refractivity contribution in [1.29, 1.82) is 0 Å². The van der Waals surface area contributed by atoms with Gasteiger partial charge in [0.1, 0.15) is 20.2 Å². The lowest BCUT2D eigenvalue weighted by Gasteiger charge is -2.03. The molecule has 0 saturated carbocycles. The highest BCUT2D eigenvalue weighted by atomic mass is 28.3. The van der Waals surface area contributed by atoms with Crippen molar-refractivity contribution >= 4 is 30.3 Å². The first kappa shape index (κ1) is 9.57. The standard InChI is InChI=1S/C4H16O2Si3/c1-4(2)3-8-6-9-5-7/h4H,3,8-9H2,1-2,7H3. The van der Waals surface area contributed by atoms with Gasteiger partial charge in [-0.25, -0.2) is 0 Å². The van der Waals surface area contributed by atoms with Crippen molar-refractivity contribution < 1.29 is 8.23 Å². The van der Waals surface area contributed by atoms with Crippen LogP contribution in [0.4, 0.5) is 0 Å². The van der Waals surface area contributed by atoms with Crippen LogP contribution in [0.2, 0.25) is 6.04 Å². The topological polar surface area (TPSA) is 18.5 Å². The minimum Gasteiger partial charge on any atom is -0.449 e. The molecule has 0 amide bonds. The maximum absolute atomic E-state index is 5.38. The van der Waals surface area contributed by atoms with Gasteiger partial charge < -0.3 is 8.23 Å². The Hall–Kier alpha value is 0.571. The Morgan fingerprint density at radius 1 is 1.56 bits per heavy atom. The highest BCUT2D eigenvalue weighted by Gasteiger charge is 1.93. The van der Waals surface area contributed by atoms with Crippen LogP contribution in [-0.4, -0.2) is 30.3 Å². The van der Waals surface area contributed by atoms with Crippen LogP contribution in [0.25, 0.3) is 0 Å². The molecule has 0 atom stereocenters. The van der Waals surface area contributed by atoms with Crippen LogP contribution in [0, 0.1) is 5.92 Å². The molecule has 5 heteroatoms. The maximum Gasteiger partial charge on any atom is 0.282 e. The second-order valence-corrected chi connectivity index (χ2v) is 7.66. The third-order valence-electron chi connectivity index (χ3n) is 1.04. The summed E-state index contributed by atoms with van der Waals surface area (Å²) in [5.41, 5.74) is 0. The van der Waals surface area contributed by atoms with Gasteiger partial charge in [0.15, 0.2) is 0 Å². The van der Waals surface area contributed by atoms with Gasteiger partial charge in [0.2, 0.25) is 0 Å². The molecule has 0 aromatic carbocycles. The van der Waals surface area contributed by atoms with E-state index >= 15 is 0 Å². The van der Waals surface area contributed by atoms with E-state index in [-0.39, 0.29) is 9.76 Å². The van der Waals surface area contributed by atoms with E-state index in [0.717, 1.165) is 16.4 Å². The Labute approximate surface area is 64.9 Å². The molecule has 0 rings (SSSR count). The van der Waals surface area contributed by atoms with Crippen molar-refractivity contribution in [3.8, 4) is 0 Å². The van der Waals surface area contributed by atoms with Gasteiger partial charge in [-0.3, -0.25) is 0 Å². The zero-order valence-electron chi connectivity index (χ0n) is 6.52. The van der Waals surface area contributed by atoms with Crippen molar-refractivity contribution in [2.24, 2.45) is 5.92 Å². The monoisotopic (exact) mass is 180 g/mol. The summed E-state index contributed by atoms with van der Waals surface area (Å²) in [5, 5.41) is 0. The summed E-state index contributed by atoms with van der Waals surface area (Å²) >= 11 is 0. The minimum atomic E-state index is -0.498. The van der Waals surface area contributed by atoms with Crippen molar-refractivity contribution in [2.75, 3.05) is 0 Å². The molecular formula is C4H16O2Si3. The molecule has 0 fully saturated rings. The van der Waals surface area contributed by atoms with E-state index < -0.39 is 10.0 Å². The first-order chi connectivity index (χ1) is 4.27. The molecule has 0 heterocycles. The molecule has 0 bridgehead atoms. The van der Waals surface area contributed by atoms with Gasteiger partial charge in [-0.1, -0.05) is 13.8 Å². The van der Waals surface area contributed by atoms with Gasteiger partial charge in [0.05, 0.1) is 0 Å². The second kappa shape index (κ2) is 6.69. The van der Waals surface area contributed by atoms with Crippen LogP contribution >= 0.6 is 0 Å². The number of hydrogen-bond acceptors (Lipinski definition) is 2. The average molecular weight is 180 g/mol. The predicted octanol–water partition coefficient (Wildman–Crippen LogP) is -1.54. The Balaban J connectivity index is 2.75. The largest absolute Gasteiger partial charge is 0.449 e. The van der Waals surface area contributed by atoms with E-state index in [1.54, 1.807) is 0 Å². The van der Waals surface area contributed by atoms with Crippen LogP contribution in [-0.2, 0) is 8.23 Å². The van der Waals surface area contributed by atoms with Crippen LogP contribution in [0.5, 0.6) is 0 Å². The number of rotatable bonds is 5. The zero-order valence-corrected chi connectivity index (χ0v) is 11.3. The van der Waals surface area contributed by atoms with E-state index in [2.05, 4.69) is 13.8 Å². The summed E-state index contributed by atoms with van der Waals surface area (Å²) < 4.78 is 10.4. The Morgan fingerprint density at radius 2 is 2.22 bits per heavy atom. The summed E-state index contributed by atoms with van der Waals surface area (Å²) in [5.74, 6) is 0.819. The van der Waals surface area contributed by atoms with Gasteiger partial charge >= 0.3 is 0 Å². The quantitative estimate of drug-likeness (QED) is 0.377. The normalized spacial score (nSPS) is 13.7. The molecule has 0 N–H and O–H groups in total. The molecule has 2 nitrogen and oxygen atoms in total. The van der Waals surface area contributed by atoms with Gasteiger partial charge in [0, 0.05) is 0 Å². The first-order valence-electron chi connectivity index (χ1n) is 3.34. The van der Waals surface area contributed by atoms with E-state index in [4.69, 9.17) is 8.23 Å². The maximum atomic E-state index is 5.38. The van der Waals surface area contributed by atoms with E-state index in [1.807, 2.05) is 0 Å². The molecule has 0 aliphatic rings. The number of hydrogen-bond donors (Lipinski definition) is 0.